The molecule has 1 N–H and O–H groups in total. The molecule has 2 aromatic rings. The van der Waals surface area contributed by atoms with Crippen LogP contribution in [0.4, 0.5) is 0 Å². The number of nitrogens with one attached hydrogen (secondary N) is 1. The van der Waals surface area contributed by atoms with Crippen LogP contribution in [0.2, 0.25) is 0 Å². The summed E-state index contributed by atoms with van der Waals surface area (Å²) in [6.45, 7) is 3.58. The molecule has 0 aliphatic carbocycles. The van der Waals surface area contributed by atoms with Gasteiger partial charge < -0.3 is 9.88 Å². The number of fused-ring (bicyclic) bond motifs is 1. The molecule has 0 bridgehead atoms. The van der Waals surface area contributed by atoms with Gasteiger partial charge in [0.05, 0.1) is 11.0 Å². The van der Waals surface area contributed by atoms with Crippen molar-refractivity contribution in [1.82, 2.24) is 14.9 Å². The molecule has 3 rings (SSSR count). The highest BCUT2D eigenvalue weighted by Gasteiger charge is 2.09. The average molecular weight is 317 g/mol. The fourth-order valence-corrected chi connectivity index (χ4v) is 3.81. The Labute approximate surface area is 135 Å². The molecule has 118 valence electrons. The van der Waals surface area contributed by atoms with Gasteiger partial charge in [0.15, 0.2) is 0 Å². The van der Waals surface area contributed by atoms with Gasteiger partial charge in [0, 0.05) is 18.1 Å². The van der Waals surface area contributed by atoms with Crippen LogP contribution in [0.5, 0.6) is 0 Å². The molecule has 1 fully saturated rings. The van der Waals surface area contributed by atoms with Crippen LogP contribution in [0.3, 0.4) is 0 Å². The first kappa shape index (κ1) is 15.6. The number of hydrogen-bond acceptors (Lipinski definition) is 4. The lowest BCUT2D eigenvalue weighted by atomic mass is 10.2. The summed E-state index contributed by atoms with van der Waals surface area (Å²) < 4.78 is 0. The minimum absolute atomic E-state index is 0.0547. The second-order valence-electron chi connectivity index (χ2n) is 5.84. The molecule has 1 saturated heterocycles. The van der Waals surface area contributed by atoms with E-state index in [1.54, 1.807) is 11.8 Å². The normalized spacial score (nSPS) is 16.7. The van der Waals surface area contributed by atoms with E-state index in [0.717, 1.165) is 23.3 Å². The van der Waals surface area contributed by atoms with Gasteiger partial charge in [-0.2, -0.15) is 11.8 Å². The van der Waals surface area contributed by atoms with E-state index in [1.807, 2.05) is 24.3 Å². The van der Waals surface area contributed by atoms with Gasteiger partial charge in [0.2, 0.25) is 0 Å². The molecule has 1 aromatic carbocycles. The highest BCUT2D eigenvalue weighted by Crippen LogP contribution is 2.13. The maximum absolute atomic E-state index is 12.0. The van der Waals surface area contributed by atoms with E-state index in [9.17, 15) is 4.79 Å². The van der Waals surface area contributed by atoms with E-state index in [1.165, 1.54) is 38.8 Å². The third kappa shape index (κ3) is 4.11. The van der Waals surface area contributed by atoms with Crippen LogP contribution in [0.15, 0.2) is 29.1 Å². The largest absolute Gasteiger partial charge is 0.319 e. The van der Waals surface area contributed by atoms with Gasteiger partial charge in [-0.05, 0) is 38.1 Å². The zero-order valence-corrected chi connectivity index (χ0v) is 13.7. The number of hydrogen-bond donors (Lipinski definition) is 1. The molecule has 5 heteroatoms. The van der Waals surface area contributed by atoms with Gasteiger partial charge in [-0.1, -0.05) is 25.0 Å². The summed E-state index contributed by atoms with van der Waals surface area (Å²) in [5.74, 6) is 1.75. The molecular weight excluding hydrogens is 294 g/mol. The van der Waals surface area contributed by atoms with Crippen LogP contribution >= 0.6 is 11.8 Å². The van der Waals surface area contributed by atoms with E-state index in [0.29, 0.717) is 11.4 Å². The Kier molecular flexibility index (Phi) is 5.51. The van der Waals surface area contributed by atoms with Crippen LogP contribution < -0.4 is 5.56 Å². The number of nitrogens with zero attached hydrogens (tertiary/aromatic N) is 2. The van der Waals surface area contributed by atoms with E-state index in [4.69, 9.17) is 0 Å². The van der Waals surface area contributed by atoms with Crippen LogP contribution in [-0.2, 0) is 5.75 Å². The number of H-pyrrole nitrogens is 1. The van der Waals surface area contributed by atoms with Crippen LogP contribution in [0, 0.1) is 0 Å². The van der Waals surface area contributed by atoms with E-state index in [-0.39, 0.29) is 5.56 Å². The minimum atomic E-state index is -0.0547. The lowest BCUT2D eigenvalue weighted by Gasteiger charge is -2.19. The average Bonchev–Trinajstić information content (AvgIpc) is 2.80. The second kappa shape index (κ2) is 7.79. The second-order valence-corrected chi connectivity index (χ2v) is 6.94. The van der Waals surface area contributed by atoms with Crippen molar-refractivity contribution in [3.63, 3.8) is 0 Å². The Morgan fingerprint density at radius 2 is 1.91 bits per heavy atom. The third-order valence-electron chi connectivity index (χ3n) is 4.16. The molecule has 4 nitrogen and oxygen atoms in total. The zero-order valence-electron chi connectivity index (χ0n) is 12.9. The van der Waals surface area contributed by atoms with Crippen molar-refractivity contribution in [1.29, 1.82) is 0 Å². The SMILES string of the molecule is O=c1[nH]c2ccccc2nc1CSCCN1CCCCCC1. The molecule has 2 heterocycles. The smallest absolute Gasteiger partial charge is 0.270 e. The first-order chi connectivity index (χ1) is 10.8. The highest BCUT2D eigenvalue weighted by atomic mass is 32.2. The lowest BCUT2D eigenvalue weighted by Crippen LogP contribution is -2.27. The maximum Gasteiger partial charge on any atom is 0.270 e. The van der Waals surface area contributed by atoms with Gasteiger partial charge in [-0.15, -0.1) is 0 Å². The molecule has 0 spiro atoms. The van der Waals surface area contributed by atoms with E-state index in [2.05, 4.69) is 14.9 Å². The quantitative estimate of drug-likeness (QED) is 0.861. The van der Waals surface area contributed by atoms with E-state index < -0.39 is 0 Å². The molecule has 0 atom stereocenters. The molecule has 1 aliphatic rings. The summed E-state index contributed by atoms with van der Waals surface area (Å²) in [6.07, 6.45) is 5.41. The highest BCUT2D eigenvalue weighted by molar-refractivity contribution is 7.98. The summed E-state index contributed by atoms with van der Waals surface area (Å²) in [7, 11) is 0. The molecule has 0 saturated carbocycles. The molecule has 1 aromatic heterocycles. The standard InChI is InChI=1S/C17H23N3OS/c21-17-16(18-14-7-3-4-8-15(14)19-17)13-22-12-11-20-9-5-1-2-6-10-20/h3-4,7-8H,1-2,5-6,9-13H2,(H,19,21). The first-order valence-electron chi connectivity index (χ1n) is 8.11. The Hall–Kier alpha value is -1.33. The van der Waals surface area contributed by atoms with Crippen molar-refractivity contribution in [2.24, 2.45) is 0 Å². The van der Waals surface area contributed by atoms with Crippen molar-refractivity contribution < 1.29 is 0 Å². The monoisotopic (exact) mass is 317 g/mol. The van der Waals surface area contributed by atoms with Crippen LogP contribution in [0.1, 0.15) is 31.4 Å². The number of para-hydroxylation sites is 2. The summed E-state index contributed by atoms with van der Waals surface area (Å²) in [5.41, 5.74) is 2.26. The first-order valence-corrected chi connectivity index (χ1v) is 9.26. The number of likely N-dealkylation sites (tertiary alicyclic amines) is 1. The fraction of sp³-hybridized carbons (Fsp3) is 0.529. The Morgan fingerprint density at radius 1 is 1.14 bits per heavy atom. The van der Waals surface area contributed by atoms with E-state index >= 15 is 0 Å². The van der Waals surface area contributed by atoms with Crippen molar-refractivity contribution in [3.05, 3.63) is 40.3 Å². The summed E-state index contributed by atoms with van der Waals surface area (Å²) in [6, 6.07) is 7.69. The Bertz CT molecular complexity index is 662. The lowest BCUT2D eigenvalue weighted by molar-refractivity contribution is 0.303. The number of rotatable bonds is 5. The number of benzene rings is 1. The Morgan fingerprint density at radius 3 is 2.73 bits per heavy atom. The number of thioether (sulfide) groups is 1. The van der Waals surface area contributed by atoms with Crippen molar-refractivity contribution in [3.8, 4) is 0 Å². The van der Waals surface area contributed by atoms with Crippen LogP contribution in [0.25, 0.3) is 11.0 Å². The third-order valence-corrected chi connectivity index (χ3v) is 5.11. The summed E-state index contributed by atoms with van der Waals surface area (Å²) >= 11 is 1.81. The van der Waals surface area contributed by atoms with Crippen molar-refractivity contribution in [2.75, 3.05) is 25.4 Å². The molecular formula is C17H23N3OS. The van der Waals surface area contributed by atoms with Crippen molar-refractivity contribution in [2.45, 2.75) is 31.4 Å². The van der Waals surface area contributed by atoms with Gasteiger partial charge in [0.1, 0.15) is 5.69 Å². The molecule has 0 radical (unpaired) electrons. The van der Waals surface area contributed by atoms with Crippen molar-refractivity contribution >= 4 is 22.8 Å². The topological polar surface area (TPSA) is 49.0 Å². The van der Waals surface area contributed by atoms with Gasteiger partial charge in [-0.25, -0.2) is 4.98 Å². The fourth-order valence-electron chi connectivity index (χ4n) is 2.89. The van der Waals surface area contributed by atoms with Gasteiger partial charge >= 0.3 is 0 Å². The maximum atomic E-state index is 12.0. The zero-order chi connectivity index (χ0) is 15.2. The minimum Gasteiger partial charge on any atom is -0.319 e. The predicted octanol–water partition coefficient (Wildman–Crippen LogP) is 3.03. The predicted molar refractivity (Wildman–Crippen MR) is 93.4 cm³/mol. The molecule has 22 heavy (non-hydrogen) atoms. The number of aromatic nitrogens is 2. The summed E-state index contributed by atoms with van der Waals surface area (Å²) in [4.78, 5) is 22.0. The van der Waals surface area contributed by atoms with Crippen LogP contribution in [-0.4, -0.2) is 40.3 Å². The molecule has 1 aliphatic heterocycles. The molecule has 0 unspecified atom stereocenters. The number of aromatic amines is 1. The van der Waals surface area contributed by atoms with Gasteiger partial charge in [0.25, 0.3) is 5.56 Å². The Balaban J connectivity index is 1.53. The molecule has 0 amide bonds. The van der Waals surface area contributed by atoms with Gasteiger partial charge in [-0.3, -0.25) is 4.79 Å². The summed E-state index contributed by atoms with van der Waals surface area (Å²) in [5, 5.41) is 0.